The largest absolute Gasteiger partial charge is 0.478 e. The Morgan fingerprint density at radius 2 is 1.85 bits per heavy atom. The molecule has 0 aliphatic heterocycles. The summed E-state index contributed by atoms with van der Waals surface area (Å²) in [5.41, 5.74) is 0. The van der Waals surface area contributed by atoms with Gasteiger partial charge in [-0.3, -0.25) is 0 Å². The van der Waals surface area contributed by atoms with Crippen LogP contribution >= 0.6 is 0 Å². The van der Waals surface area contributed by atoms with E-state index in [1.807, 2.05) is 0 Å². The summed E-state index contributed by atoms with van der Waals surface area (Å²) in [6.07, 6.45) is 0.269. The second-order valence-corrected chi connectivity index (χ2v) is 1.85. The third-order valence-corrected chi connectivity index (χ3v) is 0.786. The van der Waals surface area contributed by atoms with Gasteiger partial charge in [0.15, 0.2) is 0 Å². The van der Waals surface area contributed by atoms with Crippen molar-refractivity contribution in [3.63, 3.8) is 0 Å². The van der Waals surface area contributed by atoms with Crippen LogP contribution in [0.3, 0.4) is 0 Å². The van der Waals surface area contributed by atoms with Gasteiger partial charge >= 0.3 is 12.1 Å². The van der Waals surface area contributed by atoms with Crippen LogP contribution in [0.4, 0.5) is 4.79 Å². The molecule has 0 radical (unpaired) electrons. The first-order chi connectivity index (χ1) is 6.04. The van der Waals surface area contributed by atoms with Crippen molar-refractivity contribution in [3.8, 4) is 0 Å². The summed E-state index contributed by atoms with van der Waals surface area (Å²) in [5.74, 6) is -0.981. The number of carboxylic acids is 1. The molecule has 0 aromatic rings. The second kappa shape index (κ2) is 10.4. The summed E-state index contributed by atoms with van der Waals surface area (Å²) in [5, 5.41) is 25.8. The molecule has 4 N–H and O–H groups in total. The lowest BCUT2D eigenvalue weighted by Crippen LogP contribution is -2.22. The van der Waals surface area contributed by atoms with E-state index in [1.165, 1.54) is 0 Å². The zero-order valence-corrected chi connectivity index (χ0v) is 7.06. The molecule has 0 saturated heterocycles. The first-order valence-electron chi connectivity index (χ1n) is 3.47. The van der Waals surface area contributed by atoms with E-state index in [-0.39, 0.29) is 6.61 Å². The summed E-state index contributed by atoms with van der Waals surface area (Å²) >= 11 is 0. The minimum atomic E-state index is -1.04. The van der Waals surface area contributed by atoms with Crippen molar-refractivity contribution in [2.75, 3.05) is 13.2 Å². The molecule has 0 atom stereocenters. The first kappa shape index (κ1) is 14.0. The van der Waals surface area contributed by atoms with Gasteiger partial charge in [0.2, 0.25) is 0 Å². The fraction of sp³-hybridized carbons (Fsp3) is 0.429. The molecule has 0 heterocycles. The Morgan fingerprint density at radius 1 is 1.38 bits per heavy atom. The minimum absolute atomic E-state index is 0.0281. The highest BCUT2D eigenvalue weighted by Crippen LogP contribution is 1.70. The van der Waals surface area contributed by atoms with E-state index in [0.717, 1.165) is 6.08 Å². The number of carbonyl (C=O) groups is 2. The summed E-state index contributed by atoms with van der Waals surface area (Å²) in [7, 11) is 0. The topological polar surface area (TPSA) is 107 Å². The highest BCUT2D eigenvalue weighted by molar-refractivity contribution is 5.78. The van der Waals surface area contributed by atoms with Gasteiger partial charge in [0, 0.05) is 19.2 Å². The molecule has 0 fully saturated rings. The van der Waals surface area contributed by atoms with E-state index in [4.69, 9.17) is 15.3 Å². The maximum atomic E-state index is 9.68. The molecule has 0 spiro atoms. The number of hydrogen-bond acceptors (Lipinski definition) is 3. The van der Waals surface area contributed by atoms with E-state index >= 15 is 0 Å². The Morgan fingerprint density at radius 3 is 2.08 bits per heavy atom. The number of amides is 1. The molecule has 0 rings (SSSR count). The lowest BCUT2D eigenvalue weighted by Gasteiger charge is -1.94. The number of rotatable bonds is 4. The van der Waals surface area contributed by atoms with Crippen molar-refractivity contribution in [3.05, 3.63) is 12.7 Å². The number of aliphatic carboxylic acids is 1. The Kier molecular flexibility index (Phi) is 11.2. The quantitative estimate of drug-likeness (QED) is 0.366. The van der Waals surface area contributed by atoms with Crippen LogP contribution in [-0.4, -0.2) is 40.5 Å². The van der Waals surface area contributed by atoms with E-state index in [0.29, 0.717) is 13.0 Å². The standard InChI is InChI=1S/C4H9NO3.C3H4O2/c6-3-1-2-5-4(7)8;1-2-3(4)5/h5-6H,1-3H2,(H,7,8);2H,1H2,(H,4,5). The van der Waals surface area contributed by atoms with E-state index in [1.54, 1.807) is 0 Å². The van der Waals surface area contributed by atoms with Crippen molar-refractivity contribution in [1.82, 2.24) is 5.32 Å². The van der Waals surface area contributed by atoms with Gasteiger partial charge in [0.1, 0.15) is 0 Å². The van der Waals surface area contributed by atoms with Crippen molar-refractivity contribution >= 4 is 12.1 Å². The predicted molar refractivity (Wildman–Crippen MR) is 45.6 cm³/mol. The number of aliphatic hydroxyl groups is 1. The van der Waals surface area contributed by atoms with Crippen molar-refractivity contribution in [2.24, 2.45) is 0 Å². The Hall–Kier alpha value is -1.56. The maximum Gasteiger partial charge on any atom is 0.404 e. The van der Waals surface area contributed by atoms with Crippen molar-refractivity contribution in [2.45, 2.75) is 6.42 Å². The fourth-order valence-electron chi connectivity index (χ4n) is 0.274. The van der Waals surface area contributed by atoms with Crippen LogP contribution in [0.5, 0.6) is 0 Å². The van der Waals surface area contributed by atoms with E-state index in [2.05, 4.69) is 11.9 Å². The Balaban J connectivity index is 0. The van der Waals surface area contributed by atoms with Gasteiger partial charge in [-0.1, -0.05) is 6.58 Å². The average Bonchev–Trinajstić information content (AvgIpc) is 2.05. The lowest BCUT2D eigenvalue weighted by atomic mass is 10.5. The molecule has 0 aromatic heterocycles. The molecular formula is C7H13NO5. The second-order valence-electron chi connectivity index (χ2n) is 1.85. The van der Waals surface area contributed by atoms with Gasteiger partial charge in [0.25, 0.3) is 0 Å². The molecular weight excluding hydrogens is 178 g/mol. The van der Waals surface area contributed by atoms with E-state index in [9.17, 15) is 9.59 Å². The highest BCUT2D eigenvalue weighted by Gasteiger charge is 1.89. The molecule has 6 heteroatoms. The zero-order chi connectivity index (χ0) is 10.7. The molecule has 0 saturated carbocycles. The molecule has 0 aliphatic rings. The lowest BCUT2D eigenvalue weighted by molar-refractivity contribution is -0.131. The third-order valence-electron chi connectivity index (χ3n) is 0.786. The molecule has 0 unspecified atom stereocenters. The van der Waals surface area contributed by atoms with Gasteiger partial charge in [-0.25, -0.2) is 9.59 Å². The predicted octanol–water partition coefficient (Wildman–Crippen LogP) is -0.107. The minimum Gasteiger partial charge on any atom is -0.478 e. The number of hydrogen-bond donors (Lipinski definition) is 4. The number of carboxylic acid groups (broad SMARTS) is 2. The average molecular weight is 191 g/mol. The molecule has 0 bridgehead atoms. The van der Waals surface area contributed by atoms with Crippen molar-refractivity contribution < 1.29 is 24.9 Å². The summed E-state index contributed by atoms with van der Waals surface area (Å²) < 4.78 is 0. The van der Waals surface area contributed by atoms with Gasteiger partial charge in [0.05, 0.1) is 0 Å². The first-order valence-corrected chi connectivity index (χ1v) is 3.47. The molecule has 1 amide bonds. The van der Waals surface area contributed by atoms with Crippen LogP contribution in [0.25, 0.3) is 0 Å². The third kappa shape index (κ3) is 25.1. The van der Waals surface area contributed by atoms with Crippen LogP contribution in [-0.2, 0) is 4.79 Å². The number of nitrogens with one attached hydrogen (secondary N) is 1. The highest BCUT2D eigenvalue weighted by atomic mass is 16.4. The van der Waals surface area contributed by atoms with Crippen LogP contribution in [0, 0.1) is 0 Å². The van der Waals surface area contributed by atoms with Gasteiger partial charge in [-0.05, 0) is 6.42 Å². The molecule has 13 heavy (non-hydrogen) atoms. The van der Waals surface area contributed by atoms with Gasteiger partial charge in [-0.15, -0.1) is 0 Å². The smallest absolute Gasteiger partial charge is 0.404 e. The zero-order valence-electron chi connectivity index (χ0n) is 7.06. The maximum absolute atomic E-state index is 9.68. The SMILES string of the molecule is C=CC(=O)O.O=C(O)NCCCO. The normalized spacial score (nSPS) is 7.77. The molecule has 76 valence electrons. The molecule has 6 nitrogen and oxygen atoms in total. The summed E-state index contributed by atoms with van der Waals surface area (Å²) in [4.78, 5) is 18.9. The van der Waals surface area contributed by atoms with Crippen molar-refractivity contribution in [1.29, 1.82) is 0 Å². The molecule has 0 aliphatic carbocycles. The van der Waals surface area contributed by atoms with Gasteiger partial charge < -0.3 is 20.6 Å². The van der Waals surface area contributed by atoms with Gasteiger partial charge in [-0.2, -0.15) is 0 Å². The summed E-state index contributed by atoms with van der Waals surface area (Å²) in [6, 6.07) is 0. The Bertz CT molecular complexity index is 168. The monoisotopic (exact) mass is 191 g/mol. The number of aliphatic hydroxyl groups excluding tert-OH is 1. The van der Waals surface area contributed by atoms with Crippen LogP contribution in [0.1, 0.15) is 6.42 Å². The van der Waals surface area contributed by atoms with Crippen LogP contribution in [0.2, 0.25) is 0 Å². The van der Waals surface area contributed by atoms with Crippen LogP contribution in [0.15, 0.2) is 12.7 Å². The summed E-state index contributed by atoms with van der Waals surface area (Å²) in [6.45, 7) is 3.31. The van der Waals surface area contributed by atoms with E-state index < -0.39 is 12.1 Å². The molecule has 0 aromatic carbocycles. The fourth-order valence-corrected chi connectivity index (χ4v) is 0.274. The Labute approximate surface area is 75.5 Å². The van der Waals surface area contributed by atoms with Crippen LogP contribution < -0.4 is 5.32 Å².